The summed E-state index contributed by atoms with van der Waals surface area (Å²) in [6, 6.07) is 8.37. The summed E-state index contributed by atoms with van der Waals surface area (Å²) in [7, 11) is 0. The molecule has 0 N–H and O–H groups in total. The summed E-state index contributed by atoms with van der Waals surface area (Å²) in [5.41, 5.74) is 1.32. The van der Waals surface area contributed by atoms with Gasteiger partial charge in [-0.2, -0.15) is 0 Å². The average molecular weight is 327 g/mol. The van der Waals surface area contributed by atoms with E-state index < -0.39 is 0 Å². The van der Waals surface area contributed by atoms with Gasteiger partial charge in [0.05, 0.1) is 4.83 Å². The second-order valence-electron chi connectivity index (χ2n) is 3.57. The fourth-order valence-corrected chi connectivity index (χ4v) is 3.01. The molecule has 2 rings (SSSR count). The third kappa shape index (κ3) is 2.47. The van der Waals surface area contributed by atoms with E-state index in [1.807, 2.05) is 6.07 Å². The molecule has 0 heterocycles. The van der Waals surface area contributed by atoms with E-state index in [0.29, 0.717) is 5.92 Å². The molecule has 0 unspecified atom stereocenters. The molecule has 1 atom stereocenters. The molecule has 0 aromatic heterocycles. The standard InChI is InChI=1S/C13H11Br2/c1-9(11-6-4-8-13(11)15)10-5-2-3-7-12(10)14/h2-9H,1H3/t9-/m0/s1. The van der Waals surface area contributed by atoms with E-state index in [4.69, 9.17) is 0 Å². The molecule has 0 amide bonds. The highest BCUT2D eigenvalue weighted by molar-refractivity contribution is 9.11. The number of hydrogen-bond acceptors (Lipinski definition) is 0. The van der Waals surface area contributed by atoms with Crippen LogP contribution in [0, 0.1) is 30.0 Å². The minimum absolute atomic E-state index is 0.407. The van der Waals surface area contributed by atoms with Crippen molar-refractivity contribution in [2.75, 3.05) is 0 Å². The Morgan fingerprint density at radius 2 is 1.80 bits per heavy atom. The maximum absolute atomic E-state index is 3.59. The number of hydrogen-bond donors (Lipinski definition) is 0. The highest BCUT2D eigenvalue weighted by Gasteiger charge is 2.32. The smallest absolute Gasteiger partial charge is 0.0524 e. The van der Waals surface area contributed by atoms with Crippen LogP contribution in [-0.4, -0.2) is 0 Å². The number of benzene rings is 1. The lowest BCUT2D eigenvalue weighted by Crippen LogP contribution is -2.08. The van der Waals surface area contributed by atoms with Gasteiger partial charge in [0.2, 0.25) is 0 Å². The van der Waals surface area contributed by atoms with Crippen molar-refractivity contribution < 1.29 is 0 Å². The van der Waals surface area contributed by atoms with E-state index in [1.54, 1.807) is 0 Å². The summed E-state index contributed by atoms with van der Waals surface area (Å²) >= 11 is 7.17. The summed E-state index contributed by atoms with van der Waals surface area (Å²) in [6.45, 7) is 2.22. The zero-order chi connectivity index (χ0) is 10.8. The fraction of sp³-hybridized carbons (Fsp3) is 0.154. The van der Waals surface area contributed by atoms with Crippen molar-refractivity contribution in [2.24, 2.45) is 0 Å². The van der Waals surface area contributed by atoms with Crippen LogP contribution in [0.3, 0.4) is 0 Å². The Kier molecular flexibility index (Phi) is 3.89. The third-order valence-corrected chi connectivity index (χ3v) is 4.08. The molecule has 0 spiro atoms. The number of rotatable bonds is 2. The second kappa shape index (κ2) is 5.01. The van der Waals surface area contributed by atoms with Crippen LogP contribution in [0.4, 0.5) is 0 Å². The van der Waals surface area contributed by atoms with Crippen LogP contribution in [0.1, 0.15) is 18.4 Å². The van der Waals surface area contributed by atoms with Crippen molar-refractivity contribution in [1.29, 1.82) is 0 Å². The predicted molar refractivity (Wildman–Crippen MR) is 70.9 cm³/mol. The van der Waals surface area contributed by atoms with Gasteiger partial charge in [0, 0.05) is 10.4 Å². The molecule has 0 saturated heterocycles. The van der Waals surface area contributed by atoms with Crippen molar-refractivity contribution >= 4 is 31.9 Å². The summed E-state index contributed by atoms with van der Waals surface area (Å²) < 4.78 is 1.17. The summed E-state index contributed by atoms with van der Waals surface area (Å²) in [4.78, 5) is 1.19. The Balaban J connectivity index is 2.20. The van der Waals surface area contributed by atoms with Crippen molar-refractivity contribution in [3.63, 3.8) is 0 Å². The predicted octanol–water partition coefficient (Wildman–Crippen LogP) is 4.68. The second-order valence-corrected chi connectivity index (χ2v) is 5.28. The van der Waals surface area contributed by atoms with Crippen molar-refractivity contribution in [1.82, 2.24) is 0 Å². The van der Waals surface area contributed by atoms with Gasteiger partial charge in [-0.05, 0) is 36.8 Å². The molecule has 77 valence electrons. The van der Waals surface area contributed by atoms with E-state index in [1.165, 1.54) is 20.8 Å². The molecule has 0 nitrogen and oxygen atoms in total. The molecule has 1 aromatic rings. The Morgan fingerprint density at radius 3 is 2.40 bits per heavy atom. The minimum atomic E-state index is 0.407. The lowest BCUT2D eigenvalue weighted by molar-refractivity contribution is 0.817. The molecule has 1 fully saturated rings. The molecule has 0 aliphatic heterocycles. The van der Waals surface area contributed by atoms with E-state index in [2.05, 4.69) is 76.2 Å². The maximum Gasteiger partial charge on any atom is 0.0524 e. The summed E-state index contributed by atoms with van der Waals surface area (Å²) in [5, 5.41) is 0. The Bertz CT molecular complexity index is 335. The van der Waals surface area contributed by atoms with E-state index in [0.717, 1.165) is 0 Å². The Labute approximate surface area is 109 Å². The first-order valence-corrected chi connectivity index (χ1v) is 6.44. The molecule has 15 heavy (non-hydrogen) atoms. The first-order chi connectivity index (χ1) is 7.20. The Hall–Kier alpha value is 0.180. The van der Waals surface area contributed by atoms with Crippen molar-refractivity contribution in [3.8, 4) is 0 Å². The van der Waals surface area contributed by atoms with Gasteiger partial charge in [-0.3, -0.25) is 0 Å². The SMILES string of the molecule is C[C@H]([C]1[CH][CH][CH][C]1Br)c1ccccc1Br. The monoisotopic (exact) mass is 325 g/mol. The Morgan fingerprint density at radius 1 is 1.07 bits per heavy atom. The first-order valence-electron chi connectivity index (χ1n) is 4.85. The maximum atomic E-state index is 3.59. The molecule has 1 aliphatic carbocycles. The highest BCUT2D eigenvalue weighted by atomic mass is 79.9. The lowest BCUT2D eigenvalue weighted by atomic mass is 9.86. The van der Waals surface area contributed by atoms with E-state index in [9.17, 15) is 0 Å². The van der Waals surface area contributed by atoms with Crippen molar-refractivity contribution in [2.45, 2.75) is 12.8 Å². The highest BCUT2D eigenvalue weighted by Crippen LogP contribution is 2.47. The lowest BCUT2D eigenvalue weighted by Gasteiger charge is -2.22. The summed E-state index contributed by atoms with van der Waals surface area (Å²) in [5.74, 6) is 1.74. The fourth-order valence-electron chi connectivity index (χ4n) is 1.76. The van der Waals surface area contributed by atoms with E-state index >= 15 is 0 Å². The molecule has 1 aliphatic rings. The topological polar surface area (TPSA) is 0 Å². The molecule has 0 bridgehead atoms. The molecule has 2 heteroatoms. The van der Waals surface area contributed by atoms with Gasteiger partial charge in [0.15, 0.2) is 0 Å². The molecular weight excluding hydrogens is 316 g/mol. The largest absolute Gasteiger partial charge is 0.0828 e. The van der Waals surface area contributed by atoms with Gasteiger partial charge in [0.25, 0.3) is 0 Å². The van der Waals surface area contributed by atoms with Crippen LogP contribution < -0.4 is 0 Å². The van der Waals surface area contributed by atoms with Gasteiger partial charge in [-0.15, -0.1) is 0 Å². The molecule has 5 radical (unpaired) electrons. The van der Waals surface area contributed by atoms with Crippen LogP contribution in [0.15, 0.2) is 28.7 Å². The zero-order valence-electron chi connectivity index (χ0n) is 8.37. The number of halogens is 2. The van der Waals surface area contributed by atoms with E-state index in [-0.39, 0.29) is 0 Å². The molecule has 1 aromatic carbocycles. The third-order valence-electron chi connectivity index (χ3n) is 2.63. The van der Waals surface area contributed by atoms with Crippen LogP contribution in [0.5, 0.6) is 0 Å². The van der Waals surface area contributed by atoms with Gasteiger partial charge >= 0.3 is 0 Å². The van der Waals surface area contributed by atoms with Crippen LogP contribution in [0.2, 0.25) is 0 Å². The first kappa shape index (κ1) is 11.7. The van der Waals surface area contributed by atoms with Gasteiger partial charge in [-0.25, -0.2) is 0 Å². The normalized spacial score (nSPS) is 20.7. The van der Waals surface area contributed by atoms with Crippen LogP contribution in [0.25, 0.3) is 0 Å². The average Bonchev–Trinajstić information content (AvgIpc) is 2.64. The van der Waals surface area contributed by atoms with Gasteiger partial charge in [0.1, 0.15) is 0 Å². The zero-order valence-corrected chi connectivity index (χ0v) is 11.5. The molecule has 1 saturated carbocycles. The van der Waals surface area contributed by atoms with Crippen LogP contribution >= 0.6 is 31.9 Å². The van der Waals surface area contributed by atoms with Crippen LogP contribution in [-0.2, 0) is 0 Å². The quantitative estimate of drug-likeness (QED) is 0.740. The molecular formula is C13H11Br2. The summed E-state index contributed by atoms with van der Waals surface area (Å²) in [6.07, 6.45) is 6.32. The van der Waals surface area contributed by atoms with Gasteiger partial charge < -0.3 is 0 Å². The van der Waals surface area contributed by atoms with Gasteiger partial charge in [-0.1, -0.05) is 57.0 Å². The minimum Gasteiger partial charge on any atom is -0.0828 e. The van der Waals surface area contributed by atoms with Crippen molar-refractivity contribution in [3.05, 3.63) is 64.3 Å².